The molecule has 0 saturated carbocycles. The van der Waals surface area contributed by atoms with Gasteiger partial charge in [-0.1, -0.05) is 6.92 Å². The lowest BCUT2D eigenvalue weighted by Crippen LogP contribution is -2.34. The lowest BCUT2D eigenvalue weighted by Gasteiger charge is -2.22. The smallest absolute Gasteiger partial charge is 0.264 e. The van der Waals surface area contributed by atoms with Gasteiger partial charge in [0.15, 0.2) is 5.82 Å². The summed E-state index contributed by atoms with van der Waals surface area (Å²) in [5.74, 6) is -2.83. The maximum atomic E-state index is 14.2. The van der Waals surface area contributed by atoms with Crippen LogP contribution in [0.15, 0.2) is 17.0 Å². The second kappa shape index (κ2) is 5.53. The number of amides is 1. The van der Waals surface area contributed by atoms with Crippen molar-refractivity contribution in [2.45, 2.75) is 31.2 Å². The molecular formula is C13H14ClF2NO3S. The van der Waals surface area contributed by atoms with Crippen molar-refractivity contribution < 1.29 is 22.0 Å². The molecule has 116 valence electrons. The van der Waals surface area contributed by atoms with Crippen molar-refractivity contribution in [1.82, 2.24) is 4.90 Å². The van der Waals surface area contributed by atoms with E-state index in [1.165, 1.54) is 4.90 Å². The molecule has 1 heterocycles. The van der Waals surface area contributed by atoms with Crippen molar-refractivity contribution >= 4 is 25.6 Å². The predicted octanol–water partition coefficient (Wildman–Crippen LogP) is 2.76. The number of hydrogen-bond donors (Lipinski definition) is 0. The second-order valence-corrected chi connectivity index (χ2v) is 7.89. The summed E-state index contributed by atoms with van der Waals surface area (Å²) in [6, 6.07) is 1.04. The molecule has 1 aromatic rings. The molecule has 0 aromatic heterocycles. The Morgan fingerprint density at radius 2 is 1.95 bits per heavy atom. The number of hydrogen-bond acceptors (Lipinski definition) is 3. The second-order valence-electron chi connectivity index (χ2n) is 5.35. The summed E-state index contributed by atoms with van der Waals surface area (Å²) >= 11 is 0. The normalized spacial score (nSPS) is 22.6. The van der Waals surface area contributed by atoms with Gasteiger partial charge in [0, 0.05) is 23.3 Å². The van der Waals surface area contributed by atoms with Gasteiger partial charge in [0.25, 0.3) is 15.0 Å². The summed E-state index contributed by atoms with van der Waals surface area (Å²) in [6.07, 6.45) is 0.753. The summed E-state index contributed by atoms with van der Waals surface area (Å²) in [6.45, 7) is 4.16. The van der Waals surface area contributed by atoms with Crippen molar-refractivity contribution in [3.63, 3.8) is 0 Å². The van der Waals surface area contributed by atoms with Crippen LogP contribution in [-0.4, -0.2) is 31.8 Å². The fraction of sp³-hybridized carbons (Fsp3) is 0.462. The number of benzene rings is 1. The first-order valence-corrected chi connectivity index (χ1v) is 8.67. The summed E-state index contributed by atoms with van der Waals surface area (Å²) in [5.41, 5.74) is -0.616. The van der Waals surface area contributed by atoms with Gasteiger partial charge >= 0.3 is 0 Å². The van der Waals surface area contributed by atoms with Crippen LogP contribution in [0.3, 0.4) is 0 Å². The highest BCUT2D eigenvalue weighted by Gasteiger charge is 2.33. The van der Waals surface area contributed by atoms with E-state index in [0.717, 1.165) is 6.42 Å². The topological polar surface area (TPSA) is 54.5 Å². The molecule has 1 fully saturated rings. The highest BCUT2D eigenvalue weighted by Crippen LogP contribution is 2.28. The lowest BCUT2D eigenvalue weighted by molar-refractivity contribution is 0.0737. The van der Waals surface area contributed by atoms with Gasteiger partial charge in [0.1, 0.15) is 10.7 Å². The lowest BCUT2D eigenvalue weighted by atomic mass is 10.1. The largest absolute Gasteiger partial charge is 0.336 e. The highest BCUT2D eigenvalue weighted by molar-refractivity contribution is 8.13. The van der Waals surface area contributed by atoms with E-state index in [0.29, 0.717) is 18.7 Å². The van der Waals surface area contributed by atoms with Crippen molar-refractivity contribution in [3.05, 3.63) is 29.3 Å². The maximum Gasteiger partial charge on any atom is 0.264 e. The number of carbonyl (C=O) groups excluding carboxylic acids is 1. The van der Waals surface area contributed by atoms with Crippen molar-refractivity contribution in [2.75, 3.05) is 6.54 Å². The Hall–Kier alpha value is -1.21. The SMILES string of the molecule is CC1CC(C)N(C(=O)c2cc(F)cc(S(=O)(=O)Cl)c2F)C1. The van der Waals surface area contributed by atoms with Gasteiger partial charge < -0.3 is 4.90 Å². The molecule has 21 heavy (non-hydrogen) atoms. The molecule has 1 saturated heterocycles. The molecule has 1 aromatic carbocycles. The van der Waals surface area contributed by atoms with Crippen molar-refractivity contribution in [1.29, 1.82) is 0 Å². The van der Waals surface area contributed by atoms with Crippen LogP contribution in [0.1, 0.15) is 30.6 Å². The fourth-order valence-electron chi connectivity index (χ4n) is 2.63. The third kappa shape index (κ3) is 3.18. The number of likely N-dealkylation sites (tertiary alicyclic amines) is 1. The number of nitrogens with zero attached hydrogens (tertiary/aromatic N) is 1. The first kappa shape index (κ1) is 16.2. The minimum absolute atomic E-state index is 0.119. The quantitative estimate of drug-likeness (QED) is 0.780. The Kier molecular flexibility index (Phi) is 4.26. The van der Waals surface area contributed by atoms with E-state index < -0.39 is 37.1 Å². The summed E-state index contributed by atoms with van der Waals surface area (Å²) < 4.78 is 50.2. The Bertz CT molecular complexity index is 693. The van der Waals surface area contributed by atoms with Gasteiger partial charge in [-0.3, -0.25) is 4.79 Å². The molecule has 0 aliphatic carbocycles. The molecule has 2 rings (SSSR count). The molecule has 0 N–H and O–H groups in total. The van der Waals surface area contributed by atoms with Gasteiger partial charge in [-0.2, -0.15) is 0 Å². The molecular weight excluding hydrogens is 324 g/mol. The van der Waals surface area contributed by atoms with Gasteiger partial charge in [0.2, 0.25) is 0 Å². The molecule has 1 aliphatic rings. The van der Waals surface area contributed by atoms with E-state index in [-0.39, 0.29) is 12.0 Å². The number of rotatable bonds is 2. The minimum atomic E-state index is -4.47. The van der Waals surface area contributed by atoms with E-state index in [4.69, 9.17) is 10.7 Å². The molecule has 0 radical (unpaired) electrons. The van der Waals surface area contributed by atoms with Crippen LogP contribution in [0, 0.1) is 17.6 Å². The Morgan fingerprint density at radius 1 is 1.33 bits per heavy atom. The minimum Gasteiger partial charge on any atom is -0.336 e. The van der Waals surface area contributed by atoms with Crippen LogP contribution in [0.25, 0.3) is 0 Å². The van der Waals surface area contributed by atoms with E-state index >= 15 is 0 Å². The monoisotopic (exact) mass is 337 g/mol. The zero-order valence-corrected chi connectivity index (χ0v) is 13.0. The molecule has 2 atom stereocenters. The van der Waals surface area contributed by atoms with Gasteiger partial charge in [-0.15, -0.1) is 0 Å². The zero-order chi connectivity index (χ0) is 15.9. The Morgan fingerprint density at radius 3 is 2.43 bits per heavy atom. The summed E-state index contributed by atoms with van der Waals surface area (Å²) in [7, 11) is 0.591. The first-order valence-electron chi connectivity index (χ1n) is 6.36. The van der Waals surface area contributed by atoms with E-state index in [1.54, 1.807) is 6.92 Å². The summed E-state index contributed by atoms with van der Waals surface area (Å²) in [5, 5.41) is 0. The average Bonchev–Trinajstić information content (AvgIpc) is 2.68. The van der Waals surface area contributed by atoms with Crippen LogP contribution in [0.5, 0.6) is 0 Å². The van der Waals surface area contributed by atoms with Crippen molar-refractivity contribution in [2.24, 2.45) is 5.92 Å². The standard InChI is InChI=1S/C13H14ClF2NO3S/c1-7-3-8(2)17(6-7)13(18)10-4-9(15)5-11(12(10)16)21(14,19)20/h4-5,7-8H,3,6H2,1-2H3. The van der Waals surface area contributed by atoms with Crippen LogP contribution < -0.4 is 0 Å². The third-order valence-corrected chi connectivity index (χ3v) is 4.86. The number of halogens is 3. The predicted molar refractivity (Wildman–Crippen MR) is 73.7 cm³/mol. The zero-order valence-electron chi connectivity index (χ0n) is 11.4. The molecule has 1 aliphatic heterocycles. The van der Waals surface area contributed by atoms with Gasteiger partial charge in [0.05, 0.1) is 5.56 Å². The molecule has 4 nitrogen and oxygen atoms in total. The van der Waals surface area contributed by atoms with E-state index in [2.05, 4.69) is 0 Å². The van der Waals surface area contributed by atoms with Crippen LogP contribution >= 0.6 is 10.7 Å². The Balaban J connectivity index is 2.50. The van der Waals surface area contributed by atoms with Gasteiger partial charge in [-0.05, 0) is 31.4 Å². The van der Waals surface area contributed by atoms with Gasteiger partial charge in [-0.25, -0.2) is 17.2 Å². The maximum absolute atomic E-state index is 14.2. The van der Waals surface area contributed by atoms with Crippen molar-refractivity contribution in [3.8, 4) is 0 Å². The van der Waals surface area contributed by atoms with Crippen LogP contribution in [0.4, 0.5) is 8.78 Å². The first-order chi connectivity index (χ1) is 9.61. The molecule has 1 amide bonds. The highest BCUT2D eigenvalue weighted by atomic mass is 35.7. The number of carbonyl (C=O) groups is 1. The molecule has 0 spiro atoms. The Labute approximate surface area is 126 Å². The summed E-state index contributed by atoms with van der Waals surface area (Å²) in [4.78, 5) is 12.7. The third-order valence-electron chi connectivity index (χ3n) is 3.54. The average molecular weight is 338 g/mol. The fourth-order valence-corrected chi connectivity index (χ4v) is 3.55. The van der Waals surface area contributed by atoms with E-state index in [1.807, 2.05) is 6.92 Å². The molecule has 8 heteroatoms. The van der Waals surface area contributed by atoms with E-state index in [9.17, 15) is 22.0 Å². The molecule has 2 unspecified atom stereocenters. The molecule has 0 bridgehead atoms. The van der Waals surface area contributed by atoms with Crippen LogP contribution in [0.2, 0.25) is 0 Å². The van der Waals surface area contributed by atoms with Crippen LogP contribution in [-0.2, 0) is 9.05 Å².